The number of aliphatic hydroxyl groups is 1. The summed E-state index contributed by atoms with van der Waals surface area (Å²) in [4.78, 5) is 27.6. The number of nitrogens with zero attached hydrogens (tertiary/aromatic N) is 1. The summed E-state index contributed by atoms with van der Waals surface area (Å²) in [5, 5.41) is 15.9. The van der Waals surface area contributed by atoms with Gasteiger partial charge in [-0.2, -0.15) is 0 Å². The largest absolute Gasteiger partial charge is 0.488 e. The van der Waals surface area contributed by atoms with Crippen LogP contribution in [0, 0.1) is 11.8 Å². The third kappa shape index (κ3) is 5.98. The van der Waals surface area contributed by atoms with E-state index in [-0.39, 0.29) is 48.8 Å². The van der Waals surface area contributed by atoms with Crippen molar-refractivity contribution in [2.45, 2.75) is 64.5 Å². The minimum absolute atomic E-state index is 0.0425. The topological polar surface area (TPSA) is 90.9 Å². The lowest BCUT2D eigenvalue weighted by molar-refractivity contribution is -0.134. The molecule has 0 unspecified atom stereocenters. The van der Waals surface area contributed by atoms with Gasteiger partial charge in [-0.15, -0.1) is 0 Å². The quantitative estimate of drug-likeness (QED) is 0.644. The average Bonchev–Trinajstić information content (AvgIpc) is 2.82. The number of carbonyl (C=O) groups excluding carboxylic acids is 2. The Morgan fingerprint density at radius 3 is 2.71 bits per heavy atom. The lowest BCUT2D eigenvalue weighted by Gasteiger charge is -2.32. The van der Waals surface area contributed by atoms with Gasteiger partial charge in [0, 0.05) is 36.2 Å². The number of aliphatic hydroxyl groups excluding tert-OH is 1. The summed E-state index contributed by atoms with van der Waals surface area (Å²) in [5.74, 6) is 0.849. The lowest BCUT2D eigenvalue weighted by Crippen LogP contribution is -2.47. The van der Waals surface area contributed by atoms with Gasteiger partial charge in [0.25, 0.3) is 0 Å². The number of benzene rings is 1. The first-order valence-electron chi connectivity index (χ1n) is 11.6. The van der Waals surface area contributed by atoms with Gasteiger partial charge < -0.3 is 25.4 Å². The highest BCUT2D eigenvalue weighted by Crippen LogP contribution is 2.30. The van der Waals surface area contributed by atoms with Crippen LogP contribution in [0.2, 0.25) is 0 Å². The summed E-state index contributed by atoms with van der Waals surface area (Å²) in [5.41, 5.74) is 1.46. The first-order valence-corrected chi connectivity index (χ1v) is 11.6. The second-order valence-corrected chi connectivity index (χ2v) is 9.09. The molecule has 1 aliphatic carbocycles. The summed E-state index contributed by atoms with van der Waals surface area (Å²) < 4.78 is 6.34. The van der Waals surface area contributed by atoms with Crippen molar-refractivity contribution in [3.63, 3.8) is 0 Å². The van der Waals surface area contributed by atoms with E-state index in [9.17, 15) is 14.7 Å². The monoisotopic (exact) mass is 431 g/mol. The van der Waals surface area contributed by atoms with Crippen LogP contribution in [0.3, 0.4) is 0 Å². The number of anilines is 1. The van der Waals surface area contributed by atoms with Gasteiger partial charge in [-0.25, -0.2) is 0 Å². The number of nitrogens with one attached hydrogen (secondary N) is 2. The maximum atomic E-state index is 13.1. The third-order valence-electron chi connectivity index (χ3n) is 6.57. The standard InChI is InChI=1S/C24H37N3O4/c1-16-14-27(17(2)15-28)23(29)12-19-11-20(9-10-21(19)31-22(16)13-25-3)26-24(30)18-7-5-4-6-8-18/h9-11,16-18,22,25,28H,4-8,12-15H2,1-3H3,(H,26,30)/t16-,17+,22+/m0/s1. The number of ether oxygens (including phenoxy) is 1. The molecule has 31 heavy (non-hydrogen) atoms. The average molecular weight is 432 g/mol. The van der Waals surface area contributed by atoms with Crippen LogP contribution in [0.15, 0.2) is 18.2 Å². The fraction of sp³-hybridized carbons (Fsp3) is 0.667. The van der Waals surface area contributed by atoms with Crippen LogP contribution in [0.25, 0.3) is 0 Å². The van der Waals surface area contributed by atoms with Gasteiger partial charge in [0.1, 0.15) is 11.9 Å². The van der Waals surface area contributed by atoms with Crippen molar-refractivity contribution in [2.75, 3.05) is 32.1 Å². The number of hydrogen-bond acceptors (Lipinski definition) is 5. The predicted molar refractivity (Wildman–Crippen MR) is 121 cm³/mol. The van der Waals surface area contributed by atoms with E-state index in [2.05, 4.69) is 17.6 Å². The van der Waals surface area contributed by atoms with Gasteiger partial charge >= 0.3 is 0 Å². The molecule has 3 rings (SSSR count). The van der Waals surface area contributed by atoms with Crippen LogP contribution in [0.5, 0.6) is 5.75 Å². The van der Waals surface area contributed by atoms with Crippen molar-refractivity contribution in [2.24, 2.45) is 11.8 Å². The Bertz CT molecular complexity index is 763. The summed E-state index contributed by atoms with van der Waals surface area (Å²) in [6.07, 6.45) is 5.35. The highest BCUT2D eigenvalue weighted by atomic mass is 16.5. The molecular weight excluding hydrogens is 394 g/mol. The first-order chi connectivity index (χ1) is 14.9. The number of rotatable bonds is 6. The molecule has 2 aliphatic rings. The summed E-state index contributed by atoms with van der Waals surface area (Å²) >= 11 is 0. The Hall–Kier alpha value is -2.12. The van der Waals surface area contributed by atoms with Crippen molar-refractivity contribution in [3.8, 4) is 5.75 Å². The normalized spacial score (nSPS) is 23.7. The van der Waals surface area contributed by atoms with Crippen LogP contribution in [-0.2, 0) is 16.0 Å². The Balaban J connectivity index is 1.85. The number of fused-ring (bicyclic) bond motifs is 1. The highest BCUT2D eigenvalue weighted by molar-refractivity contribution is 5.93. The molecule has 172 valence electrons. The minimum Gasteiger partial charge on any atom is -0.488 e. The van der Waals surface area contributed by atoms with Crippen molar-refractivity contribution < 1.29 is 19.4 Å². The number of amides is 2. The zero-order chi connectivity index (χ0) is 22.4. The molecule has 1 aromatic rings. The van der Waals surface area contributed by atoms with E-state index in [1.807, 2.05) is 32.2 Å². The fourth-order valence-electron chi connectivity index (χ4n) is 4.56. The van der Waals surface area contributed by atoms with Crippen LogP contribution in [-0.4, -0.2) is 60.7 Å². The van der Waals surface area contributed by atoms with Crippen molar-refractivity contribution in [1.82, 2.24) is 10.2 Å². The van der Waals surface area contributed by atoms with Crippen molar-refractivity contribution in [1.29, 1.82) is 0 Å². The van der Waals surface area contributed by atoms with Crippen LogP contribution in [0.1, 0.15) is 51.5 Å². The number of likely N-dealkylation sites (N-methyl/N-ethyl adjacent to an activating group) is 1. The second kappa shape index (κ2) is 11.0. The second-order valence-electron chi connectivity index (χ2n) is 9.09. The lowest BCUT2D eigenvalue weighted by atomic mass is 9.88. The molecule has 1 aromatic carbocycles. The van der Waals surface area contributed by atoms with Gasteiger partial charge in [0.2, 0.25) is 11.8 Å². The van der Waals surface area contributed by atoms with E-state index in [1.54, 1.807) is 4.90 Å². The van der Waals surface area contributed by atoms with E-state index in [0.717, 1.165) is 31.2 Å². The molecule has 0 aromatic heterocycles. The molecule has 0 bridgehead atoms. The molecule has 7 nitrogen and oxygen atoms in total. The molecule has 3 N–H and O–H groups in total. The van der Waals surface area contributed by atoms with Gasteiger partial charge in [0.05, 0.1) is 19.1 Å². The van der Waals surface area contributed by atoms with Gasteiger partial charge in [0.15, 0.2) is 0 Å². The van der Waals surface area contributed by atoms with Crippen LogP contribution < -0.4 is 15.4 Å². The SMILES string of the molecule is CNC[C@H]1Oc2ccc(NC(=O)C3CCCCC3)cc2CC(=O)N([C@H](C)CO)C[C@@H]1C. The Morgan fingerprint density at radius 2 is 2.03 bits per heavy atom. The van der Waals surface area contributed by atoms with E-state index < -0.39 is 0 Å². The maximum Gasteiger partial charge on any atom is 0.227 e. The third-order valence-corrected chi connectivity index (χ3v) is 6.57. The molecule has 1 aliphatic heterocycles. The Morgan fingerprint density at radius 1 is 1.29 bits per heavy atom. The zero-order valence-corrected chi connectivity index (χ0v) is 19.0. The molecule has 0 radical (unpaired) electrons. The van der Waals surface area contributed by atoms with E-state index >= 15 is 0 Å². The molecule has 2 amide bonds. The molecule has 0 saturated heterocycles. The predicted octanol–water partition coefficient (Wildman–Crippen LogP) is 2.57. The van der Waals surface area contributed by atoms with Crippen LogP contribution in [0.4, 0.5) is 5.69 Å². The minimum atomic E-state index is -0.263. The van der Waals surface area contributed by atoms with Gasteiger partial charge in [-0.1, -0.05) is 26.2 Å². The van der Waals surface area contributed by atoms with Gasteiger partial charge in [-0.3, -0.25) is 9.59 Å². The Kier molecular flexibility index (Phi) is 8.32. The van der Waals surface area contributed by atoms with E-state index in [4.69, 9.17) is 4.74 Å². The number of carbonyl (C=O) groups is 2. The van der Waals surface area contributed by atoms with Crippen molar-refractivity contribution in [3.05, 3.63) is 23.8 Å². The molecule has 1 saturated carbocycles. The molecule has 7 heteroatoms. The molecule has 3 atom stereocenters. The number of hydrogen-bond donors (Lipinski definition) is 3. The van der Waals surface area contributed by atoms with E-state index in [1.165, 1.54) is 6.42 Å². The molecule has 0 spiro atoms. The Labute approximate surface area is 185 Å². The van der Waals surface area contributed by atoms with Crippen molar-refractivity contribution >= 4 is 17.5 Å². The summed E-state index contributed by atoms with van der Waals surface area (Å²) in [6.45, 7) is 5.01. The van der Waals surface area contributed by atoms with Gasteiger partial charge in [-0.05, 0) is 45.0 Å². The van der Waals surface area contributed by atoms with E-state index in [0.29, 0.717) is 24.5 Å². The maximum absolute atomic E-state index is 13.1. The molecule has 1 fully saturated rings. The molecular formula is C24H37N3O4. The van der Waals surface area contributed by atoms with Crippen LogP contribution >= 0.6 is 0 Å². The first kappa shape index (κ1) is 23.5. The zero-order valence-electron chi connectivity index (χ0n) is 19.0. The summed E-state index contributed by atoms with van der Waals surface area (Å²) in [6, 6.07) is 5.32. The fourth-order valence-corrected chi connectivity index (χ4v) is 4.56. The highest BCUT2D eigenvalue weighted by Gasteiger charge is 2.30. The summed E-state index contributed by atoms with van der Waals surface area (Å²) in [7, 11) is 1.88. The molecule has 1 heterocycles. The smallest absolute Gasteiger partial charge is 0.227 e.